The van der Waals surface area contributed by atoms with Crippen LogP contribution in [0.5, 0.6) is 5.75 Å². The number of aryl methyl sites for hydroxylation is 1. The van der Waals surface area contributed by atoms with Crippen molar-refractivity contribution in [2.75, 3.05) is 14.2 Å². The Bertz CT molecular complexity index is 544. The van der Waals surface area contributed by atoms with Gasteiger partial charge in [0.15, 0.2) is 0 Å². The molecule has 0 radical (unpaired) electrons. The summed E-state index contributed by atoms with van der Waals surface area (Å²) in [6.07, 6.45) is 2.13. The molecule has 4 nitrogen and oxygen atoms in total. The Morgan fingerprint density at radius 2 is 2.16 bits per heavy atom. The predicted molar refractivity (Wildman–Crippen MR) is 78.7 cm³/mol. The predicted octanol–water partition coefficient (Wildman–Crippen LogP) is 3.13. The molecule has 1 aromatic carbocycles. The van der Waals surface area contributed by atoms with Crippen molar-refractivity contribution >= 4 is 11.0 Å². The summed E-state index contributed by atoms with van der Waals surface area (Å²) < 4.78 is 7.60. The van der Waals surface area contributed by atoms with Gasteiger partial charge in [-0.3, -0.25) is 0 Å². The van der Waals surface area contributed by atoms with E-state index >= 15 is 0 Å². The molecule has 2 aromatic rings. The van der Waals surface area contributed by atoms with Crippen molar-refractivity contribution in [3.63, 3.8) is 0 Å². The first-order chi connectivity index (χ1) is 9.24. The van der Waals surface area contributed by atoms with Crippen molar-refractivity contribution in [1.29, 1.82) is 0 Å². The lowest BCUT2D eigenvalue weighted by atomic mass is 10.2. The highest BCUT2D eigenvalue weighted by molar-refractivity contribution is 5.78. The van der Waals surface area contributed by atoms with Crippen LogP contribution < -0.4 is 10.1 Å². The first-order valence-electron chi connectivity index (χ1n) is 6.96. The Balaban J connectivity index is 2.57. The lowest BCUT2D eigenvalue weighted by molar-refractivity contribution is 0.415. The van der Waals surface area contributed by atoms with Crippen molar-refractivity contribution in [3.8, 4) is 5.75 Å². The number of methoxy groups -OCH3 is 1. The maximum Gasteiger partial charge on any atom is 0.127 e. The summed E-state index contributed by atoms with van der Waals surface area (Å²) in [5, 5.41) is 3.34. The van der Waals surface area contributed by atoms with Gasteiger partial charge in [-0.1, -0.05) is 13.8 Å². The van der Waals surface area contributed by atoms with Gasteiger partial charge >= 0.3 is 0 Å². The van der Waals surface area contributed by atoms with Crippen LogP contribution in [-0.2, 0) is 6.54 Å². The molecule has 1 unspecified atom stereocenters. The van der Waals surface area contributed by atoms with Crippen molar-refractivity contribution in [2.45, 2.75) is 39.3 Å². The van der Waals surface area contributed by atoms with E-state index in [4.69, 9.17) is 9.72 Å². The quantitative estimate of drug-likeness (QED) is 0.868. The molecule has 2 rings (SSSR count). The van der Waals surface area contributed by atoms with Gasteiger partial charge < -0.3 is 14.6 Å². The average Bonchev–Trinajstić information content (AvgIpc) is 2.79. The molecule has 0 fully saturated rings. The maximum atomic E-state index is 5.28. The lowest BCUT2D eigenvalue weighted by Crippen LogP contribution is -2.20. The fourth-order valence-electron chi connectivity index (χ4n) is 2.50. The van der Waals surface area contributed by atoms with E-state index < -0.39 is 0 Å². The zero-order valence-corrected chi connectivity index (χ0v) is 12.2. The Kier molecular flexibility index (Phi) is 4.43. The SMILES string of the molecule is CCCn1c(C(CC)NC)nc2cc(OC)ccc21. The van der Waals surface area contributed by atoms with E-state index in [2.05, 4.69) is 29.8 Å². The normalized spacial score (nSPS) is 12.8. The number of nitrogens with zero attached hydrogens (tertiary/aromatic N) is 2. The number of ether oxygens (including phenoxy) is 1. The number of imidazole rings is 1. The van der Waals surface area contributed by atoms with Crippen LogP contribution >= 0.6 is 0 Å². The van der Waals surface area contributed by atoms with E-state index in [1.165, 1.54) is 5.52 Å². The molecule has 0 bridgehead atoms. The van der Waals surface area contributed by atoms with Gasteiger partial charge in [-0.2, -0.15) is 0 Å². The van der Waals surface area contributed by atoms with E-state index in [1.54, 1.807) is 7.11 Å². The number of fused-ring (bicyclic) bond motifs is 1. The smallest absolute Gasteiger partial charge is 0.127 e. The lowest BCUT2D eigenvalue weighted by Gasteiger charge is -2.15. The van der Waals surface area contributed by atoms with E-state index in [0.717, 1.165) is 36.5 Å². The van der Waals surface area contributed by atoms with Gasteiger partial charge in [0.2, 0.25) is 0 Å². The highest BCUT2D eigenvalue weighted by Crippen LogP contribution is 2.26. The number of benzene rings is 1. The molecule has 1 N–H and O–H groups in total. The highest BCUT2D eigenvalue weighted by atomic mass is 16.5. The second kappa shape index (κ2) is 6.06. The van der Waals surface area contributed by atoms with Crippen LogP contribution in [0.4, 0.5) is 0 Å². The van der Waals surface area contributed by atoms with Crippen LogP contribution in [-0.4, -0.2) is 23.7 Å². The van der Waals surface area contributed by atoms with Gasteiger partial charge in [0, 0.05) is 12.6 Å². The van der Waals surface area contributed by atoms with Gasteiger partial charge in [-0.15, -0.1) is 0 Å². The molecule has 1 aromatic heterocycles. The molecule has 104 valence electrons. The van der Waals surface area contributed by atoms with E-state index in [0.29, 0.717) is 6.04 Å². The molecule has 4 heteroatoms. The number of hydrogen-bond donors (Lipinski definition) is 1. The zero-order chi connectivity index (χ0) is 13.8. The zero-order valence-electron chi connectivity index (χ0n) is 12.2. The van der Waals surface area contributed by atoms with Crippen molar-refractivity contribution in [3.05, 3.63) is 24.0 Å². The van der Waals surface area contributed by atoms with Crippen molar-refractivity contribution in [2.24, 2.45) is 0 Å². The fraction of sp³-hybridized carbons (Fsp3) is 0.533. The standard InChI is InChI=1S/C15H23N3O/c1-5-9-18-14-8-7-11(19-4)10-13(14)17-15(18)12(6-2)16-3/h7-8,10,12,16H,5-6,9H2,1-4H3. The maximum absolute atomic E-state index is 5.28. The molecule has 0 aliphatic heterocycles. The summed E-state index contributed by atoms with van der Waals surface area (Å²) in [5.41, 5.74) is 2.20. The van der Waals surface area contributed by atoms with Crippen LogP contribution in [0.3, 0.4) is 0 Å². The van der Waals surface area contributed by atoms with Crippen LogP contribution in [0.2, 0.25) is 0 Å². The second-order valence-electron chi connectivity index (χ2n) is 4.73. The molecule has 0 amide bonds. The summed E-state index contributed by atoms with van der Waals surface area (Å²) in [6, 6.07) is 6.40. The third-order valence-corrected chi connectivity index (χ3v) is 3.50. The molecule has 1 heterocycles. The van der Waals surface area contributed by atoms with E-state index in [9.17, 15) is 0 Å². The Hall–Kier alpha value is -1.55. The van der Waals surface area contributed by atoms with Crippen molar-refractivity contribution < 1.29 is 4.74 Å². The van der Waals surface area contributed by atoms with E-state index in [1.807, 2.05) is 19.2 Å². The second-order valence-corrected chi connectivity index (χ2v) is 4.73. The summed E-state index contributed by atoms with van der Waals surface area (Å²) in [5.74, 6) is 1.98. The van der Waals surface area contributed by atoms with Gasteiger partial charge in [0.25, 0.3) is 0 Å². The molecular formula is C15H23N3O. The number of aromatic nitrogens is 2. The molecule has 0 spiro atoms. The highest BCUT2D eigenvalue weighted by Gasteiger charge is 2.17. The molecule has 0 aliphatic rings. The number of nitrogens with one attached hydrogen (secondary N) is 1. The minimum atomic E-state index is 0.296. The number of hydrogen-bond acceptors (Lipinski definition) is 3. The summed E-state index contributed by atoms with van der Waals surface area (Å²) >= 11 is 0. The fourth-order valence-corrected chi connectivity index (χ4v) is 2.50. The van der Waals surface area contributed by atoms with Gasteiger partial charge in [0.05, 0.1) is 24.2 Å². The van der Waals surface area contributed by atoms with Crippen LogP contribution in [0, 0.1) is 0 Å². The van der Waals surface area contributed by atoms with E-state index in [-0.39, 0.29) is 0 Å². The minimum Gasteiger partial charge on any atom is -0.497 e. The summed E-state index contributed by atoms with van der Waals surface area (Å²) in [6.45, 7) is 5.37. The molecular weight excluding hydrogens is 238 g/mol. The first kappa shape index (κ1) is 13.9. The van der Waals surface area contributed by atoms with Gasteiger partial charge in [-0.05, 0) is 32.0 Å². The topological polar surface area (TPSA) is 39.1 Å². The van der Waals surface area contributed by atoms with Crippen molar-refractivity contribution in [1.82, 2.24) is 14.9 Å². The number of rotatable bonds is 6. The molecule has 0 saturated carbocycles. The summed E-state index contributed by atoms with van der Waals surface area (Å²) in [4.78, 5) is 4.80. The average molecular weight is 261 g/mol. The molecule has 0 aliphatic carbocycles. The largest absolute Gasteiger partial charge is 0.497 e. The Morgan fingerprint density at radius 3 is 2.74 bits per heavy atom. The molecule has 0 saturated heterocycles. The third-order valence-electron chi connectivity index (χ3n) is 3.50. The Morgan fingerprint density at radius 1 is 1.37 bits per heavy atom. The Labute approximate surface area is 114 Å². The molecule has 1 atom stereocenters. The van der Waals surface area contributed by atoms with Gasteiger partial charge in [0.1, 0.15) is 11.6 Å². The first-order valence-corrected chi connectivity index (χ1v) is 6.96. The monoisotopic (exact) mass is 261 g/mol. The minimum absolute atomic E-state index is 0.296. The van der Waals surface area contributed by atoms with Crippen LogP contribution in [0.15, 0.2) is 18.2 Å². The third kappa shape index (κ3) is 2.59. The molecule has 19 heavy (non-hydrogen) atoms. The van der Waals surface area contributed by atoms with Crippen LogP contribution in [0.1, 0.15) is 38.6 Å². The van der Waals surface area contributed by atoms with Crippen LogP contribution in [0.25, 0.3) is 11.0 Å². The van der Waals surface area contributed by atoms with Gasteiger partial charge in [-0.25, -0.2) is 4.98 Å². The summed E-state index contributed by atoms with van der Waals surface area (Å²) in [7, 11) is 3.68.